The first kappa shape index (κ1) is 18.0. The second-order valence-electron chi connectivity index (χ2n) is 6.80. The quantitative estimate of drug-likeness (QED) is 0.307. The highest BCUT2D eigenvalue weighted by atomic mass is 14.2. The highest BCUT2D eigenvalue weighted by Gasteiger charge is 2.13. The topological polar surface area (TPSA) is 0 Å². The Morgan fingerprint density at radius 1 is 0.556 bits per heavy atom. The van der Waals surface area contributed by atoms with Gasteiger partial charge in [0.2, 0.25) is 0 Å². The summed E-state index contributed by atoms with van der Waals surface area (Å²) in [7, 11) is 0. The first-order chi connectivity index (χ1) is 8.62. The van der Waals surface area contributed by atoms with E-state index in [1.54, 1.807) is 0 Å². The predicted molar refractivity (Wildman–Crippen MR) is 85.2 cm³/mol. The summed E-state index contributed by atoms with van der Waals surface area (Å²) in [5.74, 6) is 0. The van der Waals surface area contributed by atoms with E-state index in [9.17, 15) is 0 Å². The molecule has 0 radical (unpaired) electrons. The summed E-state index contributed by atoms with van der Waals surface area (Å²) in [6.45, 7) is 9.42. The molecule has 0 spiro atoms. The van der Waals surface area contributed by atoms with Crippen molar-refractivity contribution in [2.24, 2.45) is 5.41 Å². The van der Waals surface area contributed by atoms with Crippen LogP contribution in [-0.2, 0) is 0 Å². The third-order valence-electron chi connectivity index (χ3n) is 4.41. The highest BCUT2D eigenvalue weighted by Crippen LogP contribution is 2.27. The molecule has 0 bridgehead atoms. The normalized spacial score (nSPS) is 12.0. The van der Waals surface area contributed by atoms with E-state index in [1.165, 1.54) is 83.5 Å². The van der Waals surface area contributed by atoms with Gasteiger partial charge in [-0.15, -0.1) is 0 Å². The van der Waals surface area contributed by atoms with Crippen LogP contribution in [0.5, 0.6) is 0 Å². The Labute approximate surface area is 117 Å². The van der Waals surface area contributed by atoms with Crippen LogP contribution in [0, 0.1) is 5.41 Å². The Balaban J connectivity index is 3.08. The van der Waals surface area contributed by atoms with Gasteiger partial charge < -0.3 is 0 Å². The molecule has 0 N–H and O–H groups in total. The summed E-state index contributed by atoms with van der Waals surface area (Å²) in [4.78, 5) is 0. The second-order valence-corrected chi connectivity index (χ2v) is 6.80. The maximum atomic E-state index is 2.41. The average Bonchev–Trinajstić information content (AvgIpc) is 2.36. The molecule has 0 saturated heterocycles. The van der Waals surface area contributed by atoms with Crippen LogP contribution in [-0.4, -0.2) is 0 Å². The van der Waals surface area contributed by atoms with E-state index in [0.29, 0.717) is 5.41 Å². The van der Waals surface area contributed by atoms with Crippen LogP contribution < -0.4 is 0 Å². The first-order valence-electron chi connectivity index (χ1n) is 8.62. The SMILES string of the molecule is CCCCCCCCCCCCCC(C)(C)CC. The Morgan fingerprint density at radius 2 is 0.944 bits per heavy atom. The van der Waals surface area contributed by atoms with Crippen molar-refractivity contribution in [2.75, 3.05) is 0 Å². The first-order valence-corrected chi connectivity index (χ1v) is 8.62. The smallest absolute Gasteiger partial charge is 0.0357 e. The minimum atomic E-state index is 0.583. The molecule has 0 rings (SSSR count). The van der Waals surface area contributed by atoms with Crippen molar-refractivity contribution in [3.05, 3.63) is 0 Å². The van der Waals surface area contributed by atoms with Gasteiger partial charge in [0.05, 0.1) is 0 Å². The van der Waals surface area contributed by atoms with Crippen LogP contribution in [0.25, 0.3) is 0 Å². The van der Waals surface area contributed by atoms with Crippen molar-refractivity contribution < 1.29 is 0 Å². The molecule has 0 saturated carbocycles. The van der Waals surface area contributed by atoms with Crippen LogP contribution >= 0.6 is 0 Å². The molecule has 0 nitrogen and oxygen atoms in total. The largest absolute Gasteiger partial charge is 0.0654 e. The molecule has 110 valence electrons. The molecule has 0 aliphatic heterocycles. The number of hydrogen-bond donors (Lipinski definition) is 0. The average molecular weight is 255 g/mol. The molecule has 0 aliphatic carbocycles. The van der Waals surface area contributed by atoms with Gasteiger partial charge in [-0.25, -0.2) is 0 Å². The van der Waals surface area contributed by atoms with Crippen molar-refractivity contribution in [1.82, 2.24) is 0 Å². The zero-order chi connectivity index (χ0) is 13.7. The molecule has 0 atom stereocenters. The fraction of sp³-hybridized carbons (Fsp3) is 1.00. The summed E-state index contributed by atoms with van der Waals surface area (Å²) in [6.07, 6.45) is 18.7. The fourth-order valence-corrected chi connectivity index (χ4v) is 2.44. The van der Waals surface area contributed by atoms with E-state index in [1.807, 2.05) is 0 Å². The molecule has 18 heavy (non-hydrogen) atoms. The molecule has 0 fully saturated rings. The van der Waals surface area contributed by atoms with E-state index in [0.717, 1.165) is 0 Å². The molecule has 0 heteroatoms. The molecule has 0 aliphatic rings. The van der Waals surface area contributed by atoms with Gasteiger partial charge >= 0.3 is 0 Å². The summed E-state index contributed by atoms with van der Waals surface area (Å²) < 4.78 is 0. The van der Waals surface area contributed by atoms with Crippen molar-refractivity contribution >= 4 is 0 Å². The summed E-state index contributed by atoms with van der Waals surface area (Å²) in [5, 5.41) is 0. The summed E-state index contributed by atoms with van der Waals surface area (Å²) in [6, 6.07) is 0. The summed E-state index contributed by atoms with van der Waals surface area (Å²) >= 11 is 0. The van der Waals surface area contributed by atoms with Gasteiger partial charge in [-0.3, -0.25) is 0 Å². The molecular weight excluding hydrogens is 216 g/mol. The molecule has 0 aromatic heterocycles. The lowest BCUT2D eigenvalue weighted by Crippen LogP contribution is -2.08. The van der Waals surface area contributed by atoms with E-state index >= 15 is 0 Å². The van der Waals surface area contributed by atoms with E-state index in [2.05, 4.69) is 27.7 Å². The van der Waals surface area contributed by atoms with Crippen LogP contribution in [0.4, 0.5) is 0 Å². The van der Waals surface area contributed by atoms with Crippen molar-refractivity contribution in [3.8, 4) is 0 Å². The lowest BCUT2D eigenvalue weighted by molar-refractivity contribution is 0.307. The Bertz CT molecular complexity index is 157. The van der Waals surface area contributed by atoms with Crippen LogP contribution in [0.1, 0.15) is 111 Å². The van der Waals surface area contributed by atoms with Crippen molar-refractivity contribution in [3.63, 3.8) is 0 Å². The maximum Gasteiger partial charge on any atom is -0.0357 e. The Hall–Kier alpha value is 0. The molecule has 0 amide bonds. The Morgan fingerprint density at radius 3 is 1.33 bits per heavy atom. The lowest BCUT2D eigenvalue weighted by atomic mass is 9.84. The Kier molecular flexibility index (Phi) is 12.1. The van der Waals surface area contributed by atoms with Gasteiger partial charge in [0, 0.05) is 0 Å². The number of hydrogen-bond acceptors (Lipinski definition) is 0. The minimum Gasteiger partial charge on any atom is -0.0654 e. The van der Waals surface area contributed by atoms with Crippen LogP contribution in [0.15, 0.2) is 0 Å². The zero-order valence-electron chi connectivity index (χ0n) is 13.7. The highest BCUT2D eigenvalue weighted by molar-refractivity contribution is 4.65. The third-order valence-corrected chi connectivity index (χ3v) is 4.41. The summed E-state index contributed by atoms with van der Waals surface area (Å²) in [5.41, 5.74) is 0.583. The van der Waals surface area contributed by atoms with Gasteiger partial charge in [0.25, 0.3) is 0 Å². The van der Waals surface area contributed by atoms with Crippen molar-refractivity contribution in [2.45, 2.75) is 111 Å². The standard InChI is InChI=1S/C18H38/c1-5-7-8-9-10-11-12-13-14-15-16-17-18(3,4)6-2/h5-17H2,1-4H3. The molecule has 0 heterocycles. The molecule has 0 unspecified atom stereocenters. The van der Waals surface area contributed by atoms with Crippen molar-refractivity contribution in [1.29, 1.82) is 0 Å². The predicted octanol–water partition coefficient (Wildman–Crippen LogP) is 7.12. The second kappa shape index (κ2) is 12.1. The molecular formula is C18H38. The molecule has 0 aromatic rings. The van der Waals surface area contributed by atoms with Gasteiger partial charge in [-0.2, -0.15) is 0 Å². The lowest BCUT2D eigenvalue weighted by Gasteiger charge is -2.22. The fourth-order valence-electron chi connectivity index (χ4n) is 2.44. The monoisotopic (exact) mass is 254 g/mol. The van der Waals surface area contributed by atoms with E-state index in [4.69, 9.17) is 0 Å². The van der Waals surface area contributed by atoms with Gasteiger partial charge in [-0.1, -0.05) is 105 Å². The van der Waals surface area contributed by atoms with Gasteiger partial charge in [-0.05, 0) is 11.8 Å². The van der Waals surface area contributed by atoms with Gasteiger partial charge in [0.1, 0.15) is 0 Å². The maximum absolute atomic E-state index is 2.41. The minimum absolute atomic E-state index is 0.583. The van der Waals surface area contributed by atoms with Gasteiger partial charge in [0.15, 0.2) is 0 Å². The molecule has 0 aromatic carbocycles. The van der Waals surface area contributed by atoms with E-state index < -0.39 is 0 Å². The third kappa shape index (κ3) is 12.5. The number of unbranched alkanes of at least 4 members (excludes halogenated alkanes) is 10. The zero-order valence-corrected chi connectivity index (χ0v) is 13.7. The van der Waals surface area contributed by atoms with Crippen LogP contribution in [0.3, 0.4) is 0 Å². The number of rotatable bonds is 13. The van der Waals surface area contributed by atoms with Crippen LogP contribution in [0.2, 0.25) is 0 Å². The van der Waals surface area contributed by atoms with E-state index in [-0.39, 0.29) is 0 Å².